The summed E-state index contributed by atoms with van der Waals surface area (Å²) in [7, 11) is 1.67. The first kappa shape index (κ1) is 14.5. The van der Waals surface area contributed by atoms with Crippen LogP contribution in [-0.2, 0) is 11.3 Å². The van der Waals surface area contributed by atoms with Crippen molar-refractivity contribution in [2.45, 2.75) is 27.3 Å². The van der Waals surface area contributed by atoms with Gasteiger partial charge in [-0.05, 0) is 37.1 Å². The molecule has 0 heterocycles. The summed E-state index contributed by atoms with van der Waals surface area (Å²) < 4.78 is 5.31. The Hall–Kier alpha value is -1.55. The van der Waals surface area contributed by atoms with Crippen molar-refractivity contribution in [1.82, 2.24) is 10.6 Å². The van der Waals surface area contributed by atoms with E-state index in [1.54, 1.807) is 7.11 Å². The molecule has 4 heteroatoms. The predicted molar refractivity (Wildman–Crippen MR) is 72.9 cm³/mol. The van der Waals surface area contributed by atoms with Crippen LogP contribution >= 0.6 is 0 Å². The molecule has 1 aromatic carbocycles. The summed E-state index contributed by atoms with van der Waals surface area (Å²) in [5.74, 6) is 0.931. The number of hydrogen-bond donors (Lipinski definition) is 2. The Bertz CT molecular complexity index is 393. The van der Waals surface area contributed by atoms with Crippen LogP contribution in [0.15, 0.2) is 12.1 Å². The van der Waals surface area contributed by atoms with Gasteiger partial charge in [0.2, 0.25) is 5.91 Å². The van der Waals surface area contributed by atoms with E-state index in [4.69, 9.17) is 4.74 Å². The fraction of sp³-hybridized carbons (Fsp3) is 0.500. The van der Waals surface area contributed by atoms with E-state index in [9.17, 15) is 4.79 Å². The molecule has 1 rings (SSSR count). The zero-order valence-electron chi connectivity index (χ0n) is 11.6. The molecule has 0 spiro atoms. The van der Waals surface area contributed by atoms with E-state index in [0.29, 0.717) is 13.1 Å². The monoisotopic (exact) mass is 250 g/mol. The number of aryl methyl sites for hydroxylation is 2. The second kappa shape index (κ2) is 7.01. The molecule has 0 aromatic heterocycles. The number of carbonyl (C=O) groups excluding carboxylic acids is 1. The first-order valence-corrected chi connectivity index (χ1v) is 6.20. The van der Waals surface area contributed by atoms with Crippen LogP contribution in [0.3, 0.4) is 0 Å². The molecule has 0 atom stereocenters. The van der Waals surface area contributed by atoms with Crippen LogP contribution in [0.5, 0.6) is 5.75 Å². The third kappa shape index (κ3) is 4.04. The molecule has 0 bridgehead atoms. The highest BCUT2D eigenvalue weighted by molar-refractivity contribution is 5.77. The molecule has 1 aromatic rings. The van der Waals surface area contributed by atoms with Gasteiger partial charge in [0.15, 0.2) is 0 Å². The highest BCUT2D eigenvalue weighted by Gasteiger charge is 2.06. The van der Waals surface area contributed by atoms with E-state index < -0.39 is 0 Å². The predicted octanol–water partition coefficient (Wildman–Crippen LogP) is 1.54. The first-order valence-electron chi connectivity index (χ1n) is 6.20. The van der Waals surface area contributed by atoms with Crippen molar-refractivity contribution in [2.75, 3.05) is 20.2 Å². The molecule has 0 radical (unpaired) electrons. The van der Waals surface area contributed by atoms with Crippen LogP contribution in [0.2, 0.25) is 0 Å². The normalized spacial score (nSPS) is 10.2. The molecule has 0 aliphatic carbocycles. The third-order valence-corrected chi connectivity index (χ3v) is 2.75. The SMILES string of the molecule is CCNCC(=O)NCc1cc(C)c(OC)c(C)c1. The molecule has 1 amide bonds. The van der Waals surface area contributed by atoms with E-state index in [1.807, 2.05) is 32.9 Å². The molecule has 0 unspecified atom stereocenters. The maximum atomic E-state index is 11.5. The molecule has 0 aliphatic heterocycles. The minimum atomic E-state index is 0.0166. The van der Waals surface area contributed by atoms with Gasteiger partial charge in [0.25, 0.3) is 0 Å². The van der Waals surface area contributed by atoms with E-state index in [0.717, 1.165) is 29.0 Å². The van der Waals surface area contributed by atoms with Gasteiger partial charge < -0.3 is 15.4 Å². The van der Waals surface area contributed by atoms with Gasteiger partial charge in [-0.3, -0.25) is 4.79 Å². The quantitative estimate of drug-likeness (QED) is 0.805. The Balaban J connectivity index is 2.61. The maximum Gasteiger partial charge on any atom is 0.234 e. The van der Waals surface area contributed by atoms with E-state index in [2.05, 4.69) is 10.6 Å². The van der Waals surface area contributed by atoms with Crippen LogP contribution in [-0.4, -0.2) is 26.1 Å². The van der Waals surface area contributed by atoms with Gasteiger partial charge in [-0.1, -0.05) is 19.1 Å². The van der Waals surface area contributed by atoms with E-state index in [1.165, 1.54) is 0 Å². The van der Waals surface area contributed by atoms with Crippen molar-refractivity contribution in [2.24, 2.45) is 0 Å². The molecule has 0 saturated carbocycles. The molecule has 0 aliphatic rings. The summed E-state index contributed by atoms with van der Waals surface area (Å²) in [4.78, 5) is 11.5. The zero-order chi connectivity index (χ0) is 13.5. The van der Waals surface area contributed by atoms with Gasteiger partial charge in [0.1, 0.15) is 5.75 Å². The molecule has 0 saturated heterocycles. The highest BCUT2D eigenvalue weighted by Crippen LogP contribution is 2.24. The van der Waals surface area contributed by atoms with Crippen LogP contribution in [0.25, 0.3) is 0 Å². The minimum absolute atomic E-state index is 0.0166. The average Bonchev–Trinajstić information content (AvgIpc) is 2.33. The van der Waals surface area contributed by atoms with Gasteiger partial charge in [-0.2, -0.15) is 0 Å². The van der Waals surface area contributed by atoms with Crippen molar-refractivity contribution in [3.05, 3.63) is 28.8 Å². The number of carbonyl (C=O) groups is 1. The highest BCUT2D eigenvalue weighted by atomic mass is 16.5. The molecular weight excluding hydrogens is 228 g/mol. The Labute approximate surface area is 109 Å². The molecule has 4 nitrogen and oxygen atoms in total. The molecular formula is C14H22N2O2. The number of likely N-dealkylation sites (N-methyl/N-ethyl adjacent to an activating group) is 1. The summed E-state index contributed by atoms with van der Waals surface area (Å²) in [5, 5.41) is 5.88. The number of methoxy groups -OCH3 is 1. The van der Waals surface area contributed by atoms with Gasteiger partial charge in [0, 0.05) is 6.54 Å². The lowest BCUT2D eigenvalue weighted by Gasteiger charge is -2.12. The van der Waals surface area contributed by atoms with Crippen LogP contribution < -0.4 is 15.4 Å². The topological polar surface area (TPSA) is 50.4 Å². The minimum Gasteiger partial charge on any atom is -0.496 e. The molecule has 18 heavy (non-hydrogen) atoms. The summed E-state index contributed by atoms with van der Waals surface area (Å²) in [6.45, 7) is 7.71. The standard InChI is InChI=1S/C14H22N2O2/c1-5-15-9-13(17)16-8-12-6-10(2)14(18-4)11(3)7-12/h6-7,15H,5,8-9H2,1-4H3,(H,16,17). The van der Waals surface area contributed by atoms with Gasteiger partial charge >= 0.3 is 0 Å². The Morgan fingerprint density at radius 2 is 1.89 bits per heavy atom. The molecule has 0 fully saturated rings. The van der Waals surface area contributed by atoms with Crippen LogP contribution in [0.4, 0.5) is 0 Å². The van der Waals surface area contributed by atoms with Crippen molar-refractivity contribution in [3.8, 4) is 5.75 Å². The fourth-order valence-electron chi connectivity index (χ4n) is 1.97. The Kier molecular flexibility index (Phi) is 5.65. The van der Waals surface area contributed by atoms with Crippen molar-refractivity contribution >= 4 is 5.91 Å². The van der Waals surface area contributed by atoms with E-state index >= 15 is 0 Å². The summed E-state index contributed by atoms with van der Waals surface area (Å²) in [6, 6.07) is 4.08. The number of ether oxygens (including phenoxy) is 1. The number of nitrogens with one attached hydrogen (secondary N) is 2. The fourth-order valence-corrected chi connectivity index (χ4v) is 1.97. The van der Waals surface area contributed by atoms with Gasteiger partial charge in [-0.25, -0.2) is 0 Å². The number of rotatable bonds is 6. The number of hydrogen-bond acceptors (Lipinski definition) is 3. The molecule has 100 valence electrons. The zero-order valence-corrected chi connectivity index (χ0v) is 11.6. The second-order valence-electron chi connectivity index (χ2n) is 4.32. The average molecular weight is 250 g/mol. The lowest BCUT2D eigenvalue weighted by molar-refractivity contribution is -0.120. The summed E-state index contributed by atoms with van der Waals surface area (Å²) >= 11 is 0. The van der Waals surface area contributed by atoms with Crippen molar-refractivity contribution < 1.29 is 9.53 Å². The van der Waals surface area contributed by atoms with Crippen molar-refractivity contribution in [1.29, 1.82) is 0 Å². The summed E-state index contributed by atoms with van der Waals surface area (Å²) in [5.41, 5.74) is 3.28. The maximum absolute atomic E-state index is 11.5. The number of benzene rings is 1. The Morgan fingerprint density at radius 1 is 1.28 bits per heavy atom. The van der Waals surface area contributed by atoms with Gasteiger partial charge in [-0.15, -0.1) is 0 Å². The molecule has 2 N–H and O–H groups in total. The third-order valence-electron chi connectivity index (χ3n) is 2.75. The second-order valence-corrected chi connectivity index (χ2v) is 4.32. The number of amides is 1. The Morgan fingerprint density at radius 3 is 2.39 bits per heavy atom. The summed E-state index contributed by atoms with van der Waals surface area (Å²) in [6.07, 6.45) is 0. The van der Waals surface area contributed by atoms with Gasteiger partial charge in [0.05, 0.1) is 13.7 Å². The lowest BCUT2D eigenvalue weighted by atomic mass is 10.1. The first-order chi connectivity index (χ1) is 8.58. The van der Waals surface area contributed by atoms with Crippen LogP contribution in [0, 0.1) is 13.8 Å². The van der Waals surface area contributed by atoms with Crippen molar-refractivity contribution in [3.63, 3.8) is 0 Å². The van der Waals surface area contributed by atoms with E-state index in [-0.39, 0.29) is 5.91 Å². The smallest absolute Gasteiger partial charge is 0.234 e. The largest absolute Gasteiger partial charge is 0.496 e. The lowest BCUT2D eigenvalue weighted by Crippen LogP contribution is -2.33. The van der Waals surface area contributed by atoms with Crippen LogP contribution in [0.1, 0.15) is 23.6 Å².